The van der Waals surface area contributed by atoms with E-state index < -0.39 is 22.5 Å². The van der Waals surface area contributed by atoms with Crippen molar-refractivity contribution < 1.29 is 17.9 Å². The smallest absolute Gasteiger partial charge is 0.321 e. The van der Waals surface area contributed by atoms with Crippen LogP contribution in [0.15, 0.2) is 23.2 Å². The Morgan fingerprint density at radius 3 is 2.75 bits per heavy atom. The maximum atomic E-state index is 12.4. The summed E-state index contributed by atoms with van der Waals surface area (Å²) in [5, 5.41) is 8.92. The van der Waals surface area contributed by atoms with Crippen molar-refractivity contribution in [3.8, 4) is 6.07 Å². The number of carbonyl (C=O) groups is 1. The Bertz CT molecular complexity index is 622. The molecule has 0 aliphatic heterocycles. The predicted octanol–water partition coefficient (Wildman–Crippen LogP) is 0.527. The summed E-state index contributed by atoms with van der Waals surface area (Å²) < 4.78 is 30.5. The third-order valence-corrected chi connectivity index (χ3v) is 4.41. The second-order valence-corrected chi connectivity index (χ2v) is 5.60. The van der Waals surface area contributed by atoms with Crippen LogP contribution in [0.4, 0.5) is 0 Å². The fourth-order valence-electron chi connectivity index (χ4n) is 1.54. The lowest BCUT2D eigenvalue weighted by Gasteiger charge is -2.19. The number of ether oxygens (including phenoxy) is 1. The number of aromatic nitrogens is 1. The molecule has 0 N–H and O–H groups in total. The van der Waals surface area contributed by atoms with Gasteiger partial charge < -0.3 is 4.74 Å². The molecule has 20 heavy (non-hydrogen) atoms. The van der Waals surface area contributed by atoms with Gasteiger partial charge in [-0.25, -0.2) is 13.4 Å². The molecule has 1 aromatic rings. The summed E-state index contributed by atoms with van der Waals surface area (Å²) in [6.45, 7) is 3.09. The molecule has 0 radical (unpaired) electrons. The predicted molar refractivity (Wildman–Crippen MR) is 70.0 cm³/mol. The van der Waals surface area contributed by atoms with Crippen LogP contribution in [-0.4, -0.2) is 43.4 Å². The van der Waals surface area contributed by atoms with E-state index in [-0.39, 0.29) is 23.7 Å². The van der Waals surface area contributed by atoms with Gasteiger partial charge in [0, 0.05) is 12.7 Å². The number of nitrogens with zero attached hydrogens (tertiary/aromatic N) is 3. The molecule has 0 fully saturated rings. The molecular formula is C12H15N3O4S. The Morgan fingerprint density at radius 1 is 1.50 bits per heavy atom. The molecule has 0 aromatic carbocycles. The van der Waals surface area contributed by atoms with Crippen LogP contribution < -0.4 is 0 Å². The minimum absolute atomic E-state index is 0.0842. The van der Waals surface area contributed by atoms with Gasteiger partial charge in [0.15, 0.2) is 5.69 Å². The van der Waals surface area contributed by atoms with Gasteiger partial charge in [-0.05, 0) is 19.1 Å². The number of nitriles is 1. The molecule has 1 heterocycles. The van der Waals surface area contributed by atoms with E-state index in [1.165, 1.54) is 18.3 Å². The Kier molecular flexibility index (Phi) is 5.61. The van der Waals surface area contributed by atoms with Crippen molar-refractivity contribution in [2.45, 2.75) is 18.7 Å². The molecule has 0 atom stereocenters. The Hall–Kier alpha value is -1.98. The number of hydrogen-bond acceptors (Lipinski definition) is 6. The molecule has 0 saturated carbocycles. The van der Waals surface area contributed by atoms with Gasteiger partial charge in [0.1, 0.15) is 17.5 Å². The van der Waals surface area contributed by atoms with Crippen LogP contribution in [0.5, 0.6) is 0 Å². The van der Waals surface area contributed by atoms with Gasteiger partial charge in [-0.2, -0.15) is 9.57 Å². The van der Waals surface area contributed by atoms with Crippen molar-refractivity contribution in [3.05, 3.63) is 24.0 Å². The highest BCUT2D eigenvalue weighted by molar-refractivity contribution is 7.89. The minimum atomic E-state index is -3.96. The zero-order chi connectivity index (χ0) is 15.2. The monoisotopic (exact) mass is 297 g/mol. The van der Waals surface area contributed by atoms with E-state index in [1.54, 1.807) is 19.9 Å². The summed E-state index contributed by atoms with van der Waals surface area (Å²) in [5.41, 5.74) is -0.199. The van der Waals surface area contributed by atoms with E-state index in [0.717, 1.165) is 4.31 Å². The minimum Gasteiger partial charge on any atom is -0.465 e. The molecule has 0 bridgehead atoms. The van der Waals surface area contributed by atoms with Crippen molar-refractivity contribution in [1.29, 1.82) is 5.26 Å². The van der Waals surface area contributed by atoms with Gasteiger partial charge in [0.2, 0.25) is 10.0 Å². The maximum Gasteiger partial charge on any atom is 0.321 e. The van der Waals surface area contributed by atoms with Crippen LogP contribution in [0.2, 0.25) is 0 Å². The largest absolute Gasteiger partial charge is 0.465 e. The quantitative estimate of drug-likeness (QED) is 0.710. The second-order valence-electron chi connectivity index (χ2n) is 3.70. The van der Waals surface area contributed by atoms with Gasteiger partial charge >= 0.3 is 5.97 Å². The van der Waals surface area contributed by atoms with Crippen LogP contribution in [0.25, 0.3) is 0 Å². The fourth-order valence-corrected chi connectivity index (χ4v) is 3.03. The molecule has 1 rings (SSSR count). The summed E-state index contributed by atoms with van der Waals surface area (Å²) in [5.74, 6) is -0.639. The Labute approximate surface area is 117 Å². The van der Waals surface area contributed by atoms with Gasteiger partial charge in [0.25, 0.3) is 0 Å². The summed E-state index contributed by atoms with van der Waals surface area (Å²) >= 11 is 0. The highest BCUT2D eigenvalue weighted by Crippen LogP contribution is 2.17. The normalized spacial score (nSPS) is 11.1. The molecule has 0 spiro atoms. The average molecular weight is 297 g/mol. The van der Waals surface area contributed by atoms with E-state index in [0.29, 0.717) is 0 Å². The van der Waals surface area contributed by atoms with E-state index >= 15 is 0 Å². The van der Waals surface area contributed by atoms with Gasteiger partial charge in [-0.3, -0.25) is 4.79 Å². The first-order chi connectivity index (χ1) is 9.47. The zero-order valence-electron chi connectivity index (χ0n) is 11.2. The SMILES string of the molecule is CCOC(=O)CN(CC)S(=O)(=O)c1cccnc1C#N. The topological polar surface area (TPSA) is 100 Å². The number of carbonyl (C=O) groups excluding carboxylic acids is 1. The summed E-state index contributed by atoms with van der Waals surface area (Å²) in [7, 11) is -3.96. The molecule has 0 saturated heterocycles. The fraction of sp³-hybridized carbons (Fsp3) is 0.417. The lowest BCUT2D eigenvalue weighted by Crippen LogP contribution is -2.36. The zero-order valence-corrected chi connectivity index (χ0v) is 12.1. The first-order valence-corrected chi connectivity index (χ1v) is 7.42. The number of pyridine rings is 1. The molecule has 8 heteroatoms. The van der Waals surface area contributed by atoms with Gasteiger partial charge in [-0.1, -0.05) is 6.92 Å². The van der Waals surface area contributed by atoms with Crippen LogP contribution in [-0.2, 0) is 19.6 Å². The van der Waals surface area contributed by atoms with Crippen LogP contribution >= 0.6 is 0 Å². The molecule has 1 aromatic heterocycles. The maximum absolute atomic E-state index is 12.4. The highest BCUT2D eigenvalue weighted by Gasteiger charge is 2.28. The molecule has 0 amide bonds. The first kappa shape index (κ1) is 16.1. The number of likely N-dealkylation sites (N-methyl/N-ethyl adjacent to an activating group) is 1. The number of rotatable bonds is 6. The van der Waals surface area contributed by atoms with Gasteiger partial charge in [-0.15, -0.1) is 0 Å². The number of sulfonamides is 1. The first-order valence-electron chi connectivity index (χ1n) is 5.98. The highest BCUT2D eigenvalue weighted by atomic mass is 32.2. The number of hydrogen-bond donors (Lipinski definition) is 0. The molecule has 0 aliphatic rings. The molecule has 108 valence electrons. The van der Waals surface area contributed by atoms with Crippen molar-refractivity contribution in [3.63, 3.8) is 0 Å². The van der Waals surface area contributed by atoms with Crippen molar-refractivity contribution in [1.82, 2.24) is 9.29 Å². The standard InChI is InChI=1S/C12H15N3O4S/c1-3-15(9-12(16)19-4-2)20(17,18)11-6-5-7-14-10(11)8-13/h5-7H,3-4,9H2,1-2H3. The van der Waals surface area contributed by atoms with E-state index in [2.05, 4.69) is 4.98 Å². The van der Waals surface area contributed by atoms with E-state index in [4.69, 9.17) is 10.00 Å². The molecule has 7 nitrogen and oxygen atoms in total. The lowest BCUT2D eigenvalue weighted by molar-refractivity contribution is -0.143. The third kappa shape index (κ3) is 3.53. The lowest BCUT2D eigenvalue weighted by atomic mass is 10.4. The van der Waals surface area contributed by atoms with Crippen LogP contribution in [0.3, 0.4) is 0 Å². The Morgan fingerprint density at radius 2 is 2.20 bits per heavy atom. The van der Waals surface area contributed by atoms with E-state index in [9.17, 15) is 13.2 Å². The summed E-state index contributed by atoms with van der Waals surface area (Å²) in [6, 6.07) is 4.43. The summed E-state index contributed by atoms with van der Waals surface area (Å²) in [4.78, 5) is 14.9. The van der Waals surface area contributed by atoms with E-state index in [1.807, 2.05) is 0 Å². The van der Waals surface area contributed by atoms with Gasteiger partial charge in [0.05, 0.1) is 6.61 Å². The number of esters is 1. The molecule has 0 unspecified atom stereocenters. The Balaban J connectivity index is 3.13. The summed E-state index contributed by atoms with van der Waals surface area (Å²) in [6.07, 6.45) is 1.33. The van der Waals surface area contributed by atoms with Crippen molar-refractivity contribution >= 4 is 16.0 Å². The average Bonchev–Trinajstić information content (AvgIpc) is 2.44. The second kappa shape index (κ2) is 6.98. The molecule has 0 aliphatic carbocycles. The van der Waals surface area contributed by atoms with Crippen LogP contribution in [0.1, 0.15) is 19.5 Å². The van der Waals surface area contributed by atoms with Crippen LogP contribution in [0, 0.1) is 11.3 Å². The third-order valence-electron chi connectivity index (χ3n) is 2.46. The van der Waals surface area contributed by atoms with Crippen molar-refractivity contribution in [2.24, 2.45) is 0 Å². The van der Waals surface area contributed by atoms with Crippen molar-refractivity contribution in [2.75, 3.05) is 19.7 Å². The molecular weight excluding hydrogens is 282 g/mol.